The second-order valence-corrected chi connectivity index (χ2v) is 7.69. The Morgan fingerprint density at radius 3 is 3.00 bits per heavy atom. The molecule has 2 aromatic rings. The van der Waals surface area contributed by atoms with E-state index in [-0.39, 0.29) is 5.91 Å². The minimum Gasteiger partial charge on any atom is -0.494 e. The molecule has 0 bridgehead atoms. The average Bonchev–Trinajstić information content (AvgIpc) is 3.16. The summed E-state index contributed by atoms with van der Waals surface area (Å²) >= 11 is 0. The Bertz CT molecular complexity index is 771. The molecule has 1 aliphatic rings. The first-order valence-electron chi connectivity index (χ1n) is 10.3. The highest BCUT2D eigenvalue weighted by molar-refractivity contribution is 5.94. The van der Waals surface area contributed by atoms with Crippen LogP contribution >= 0.6 is 0 Å². The fraction of sp³-hybridized carbons (Fsp3) is 0.545. The van der Waals surface area contributed by atoms with E-state index in [0.29, 0.717) is 18.1 Å². The van der Waals surface area contributed by atoms with Gasteiger partial charge in [0.05, 0.1) is 6.61 Å². The number of piperidine rings is 1. The van der Waals surface area contributed by atoms with E-state index < -0.39 is 0 Å². The van der Waals surface area contributed by atoms with Crippen LogP contribution in [0.5, 0.6) is 5.75 Å². The molecule has 1 atom stereocenters. The molecule has 0 spiro atoms. The number of aromatic nitrogens is 2. The maximum absolute atomic E-state index is 13.0. The zero-order chi connectivity index (χ0) is 19.9. The van der Waals surface area contributed by atoms with E-state index in [1.54, 1.807) is 0 Å². The standard InChI is InChI=1S/C22H32N4O2/c1-4-28-20-10-5-8-18(16-20)22(27)26-13-6-9-19(17-26)21-23-11-15-25(21)14-7-12-24(2)3/h5,8,10-11,15-16,19H,4,6-7,9,12-14,17H2,1-3H3/t19-/m1/s1. The lowest BCUT2D eigenvalue weighted by Crippen LogP contribution is -2.39. The molecule has 0 saturated carbocycles. The van der Waals surface area contributed by atoms with Crippen LogP contribution in [0, 0.1) is 0 Å². The van der Waals surface area contributed by atoms with E-state index in [1.807, 2.05) is 42.3 Å². The number of amides is 1. The van der Waals surface area contributed by atoms with Crippen molar-refractivity contribution >= 4 is 5.91 Å². The van der Waals surface area contributed by atoms with Gasteiger partial charge in [-0.3, -0.25) is 4.79 Å². The van der Waals surface area contributed by atoms with E-state index in [0.717, 1.165) is 57.0 Å². The van der Waals surface area contributed by atoms with Crippen molar-refractivity contribution in [3.8, 4) is 5.75 Å². The van der Waals surface area contributed by atoms with Crippen molar-refractivity contribution in [3.05, 3.63) is 48.0 Å². The first-order valence-corrected chi connectivity index (χ1v) is 10.3. The Hall–Kier alpha value is -2.34. The van der Waals surface area contributed by atoms with Crippen molar-refractivity contribution in [2.75, 3.05) is 40.3 Å². The van der Waals surface area contributed by atoms with Gasteiger partial charge in [0.25, 0.3) is 5.91 Å². The molecule has 6 heteroatoms. The van der Waals surface area contributed by atoms with Crippen LogP contribution in [0.4, 0.5) is 0 Å². The van der Waals surface area contributed by atoms with Gasteiger partial charge in [0.2, 0.25) is 0 Å². The summed E-state index contributed by atoms with van der Waals surface area (Å²) in [5, 5.41) is 0. The first kappa shape index (κ1) is 20.4. The smallest absolute Gasteiger partial charge is 0.254 e. The lowest BCUT2D eigenvalue weighted by molar-refractivity contribution is 0.0702. The third kappa shape index (κ3) is 5.13. The highest BCUT2D eigenvalue weighted by atomic mass is 16.5. The number of aryl methyl sites for hydroxylation is 1. The third-order valence-electron chi connectivity index (χ3n) is 5.22. The summed E-state index contributed by atoms with van der Waals surface area (Å²) in [5.74, 6) is 2.23. The van der Waals surface area contributed by atoms with Crippen LogP contribution in [-0.2, 0) is 6.54 Å². The third-order valence-corrected chi connectivity index (χ3v) is 5.22. The summed E-state index contributed by atoms with van der Waals surface area (Å²) in [5.41, 5.74) is 0.695. The second kappa shape index (κ2) is 9.73. The Morgan fingerprint density at radius 2 is 2.21 bits per heavy atom. The van der Waals surface area contributed by atoms with Crippen LogP contribution in [0.15, 0.2) is 36.7 Å². The Balaban J connectivity index is 1.67. The molecule has 0 aliphatic carbocycles. The summed E-state index contributed by atoms with van der Waals surface area (Å²) in [6.07, 6.45) is 7.13. The first-order chi connectivity index (χ1) is 13.6. The lowest BCUT2D eigenvalue weighted by atomic mass is 9.96. The van der Waals surface area contributed by atoms with Gasteiger partial charge < -0.3 is 19.1 Å². The zero-order valence-electron chi connectivity index (χ0n) is 17.3. The molecule has 2 heterocycles. The minimum absolute atomic E-state index is 0.0805. The molecule has 3 rings (SSSR count). The second-order valence-electron chi connectivity index (χ2n) is 7.69. The Labute approximate surface area is 168 Å². The molecule has 0 N–H and O–H groups in total. The molecule has 1 saturated heterocycles. The molecule has 6 nitrogen and oxygen atoms in total. The van der Waals surface area contributed by atoms with Crippen molar-refractivity contribution in [2.45, 2.75) is 38.6 Å². The molecule has 1 amide bonds. The monoisotopic (exact) mass is 384 g/mol. The number of hydrogen-bond acceptors (Lipinski definition) is 4. The number of likely N-dealkylation sites (tertiary alicyclic amines) is 1. The van der Waals surface area contributed by atoms with Gasteiger partial charge in [-0.25, -0.2) is 4.98 Å². The fourth-order valence-corrected chi connectivity index (χ4v) is 3.87. The van der Waals surface area contributed by atoms with Gasteiger partial charge in [-0.2, -0.15) is 0 Å². The number of nitrogens with zero attached hydrogens (tertiary/aromatic N) is 4. The molecular weight excluding hydrogens is 352 g/mol. The maximum atomic E-state index is 13.0. The van der Waals surface area contributed by atoms with Crippen LogP contribution in [0.2, 0.25) is 0 Å². The molecular formula is C22H32N4O2. The van der Waals surface area contributed by atoms with Crippen LogP contribution in [0.25, 0.3) is 0 Å². The number of ether oxygens (including phenoxy) is 1. The average molecular weight is 385 g/mol. The summed E-state index contributed by atoms with van der Waals surface area (Å²) in [4.78, 5) is 21.8. The van der Waals surface area contributed by atoms with Crippen LogP contribution in [0.3, 0.4) is 0 Å². The fourth-order valence-electron chi connectivity index (χ4n) is 3.87. The van der Waals surface area contributed by atoms with Crippen molar-refractivity contribution in [1.82, 2.24) is 19.4 Å². The predicted octanol–water partition coefficient (Wildman–Crippen LogP) is 3.25. The Kier molecular flexibility index (Phi) is 7.09. The van der Waals surface area contributed by atoms with Crippen molar-refractivity contribution < 1.29 is 9.53 Å². The van der Waals surface area contributed by atoms with Crippen LogP contribution in [-0.4, -0.2) is 65.6 Å². The van der Waals surface area contributed by atoms with E-state index in [2.05, 4.69) is 34.7 Å². The predicted molar refractivity (Wildman–Crippen MR) is 111 cm³/mol. The normalized spacial score (nSPS) is 17.1. The summed E-state index contributed by atoms with van der Waals surface area (Å²) in [6.45, 7) is 6.10. The molecule has 1 aromatic heterocycles. The number of hydrogen-bond donors (Lipinski definition) is 0. The number of imidazole rings is 1. The van der Waals surface area contributed by atoms with Gasteiger partial charge in [-0.05, 0) is 65.0 Å². The summed E-state index contributed by atoms with van der Waals surface area (Å²) in [7, 11) is 4.19. The van der Waals surface area contributed by atoms with Crippen molar-refractivity contribution in [3.63, 3.8) is 0 Å². The van der Waals surface area contributed by atoms with Crippen LogP contribution < -0.4 is 4.74 Å². The van der Waals surface area contributed by atoms with Gasteiger partial charge in [-0.1, -0.05) is 6.07 Å². The number of rotatable bonds is 8. The van der Waals surface area contributed by atoms with Gasteiger partial charge in [0.1, 0.15) is 11.6 Å². The van der Waals surface area contributed by atoms with Gasteiger partial charge in [0, 0.05) is 43.5 Å². The van der Waals surface area contributed by atoms with Gasteiger partial charge in [-0.15, -0.1) is 0 Å². The van der Waals surface area contributed by atoms with Gasteiger partial charge in [0.15, 0.2) is 0 Å². The van der Waals surface area contributed by atoms with Gasteiger partial charge >= 0.3 is 0 Å². The molecule has 1 aromatic carbocycles. The molecule has 1 aliphatic heterocycles. The Morgan fingerprint density at radius 1 is 1.36 bits per heavy atom. The van der Waals surface area contributed by atoms with Crippen LogP contribution in [0.1, 0.15) is 48.3 Å². The van der Waals surface area contributed by atoms with E-state index >= 15 is 0 Å². The van der Waals surface area contributed by atoms with E-state index in [9.17, 15) is 4.79 Å². The molecule has 1 fully saturated rings. The lowest BCUT2D eigenvalue weighted by Gasteiger charge is -2.33. The van der Waals surface area contributed by atoms with E-state index in [1.165, 1.54) is 0 Å². The zero-order valence-corrected chi connectivity index (χ0v) is 17.3. The summed E-state index contributed by atoms with van der Waals surface area (Å²) < 4.78 is 7.81. The molecule has 0 unspecified atom stereocenters. The largest absolute Gasteiger partial charge is 0.494 e. The number of carbonyl (C=O) groups excluding carboxylic acids is 1. The molecule has 0 radical (unpaired) electrons. The highest BCUT2D eigenvalue weighted by Gasteiger charge is 2.28. The quantitative estimate of drug-likeness (QED) is 0.701. The number of benzene rings is 1. The van der Waals surface area contributed by atoms with Crippen molar-refractivity contribution in [1.29, 1.82) is 0 Å². The molecule has 28 heavy (non-hydrogen) atoms. The van der Waals surface area contributed by atoms with E-state index in [4.69, 9.17) is 4.74 Å². The number of carbonyl (C=O) groups is 1. The SMILES string of the molecule is CCOc1cccc(C(=O)N2CCC[C@@H](c3nccn3CCCN(C)C)C2)c1. The minimum atomic E-state index is 0.0805. The highest BCUT2D eigenvalue weighted by Crippen LogP contribution is 2.27. The summed E-state index contributed by atoms with van der Waals surface area (Å²) in [6, 6.07) is 7.50. The maximum Gasteiger partial charge on any atom is 0.254 e. The molecule has 152 valence electrons. The van der Waals surface area contributed by atoms with Crippen molar-refractivity contribution in [2.24, 2.45) is 0 Å². The topological polar surface area (TPSA) is 50.6 Å².